The second kappa shape index (κ2) is 13.8. The van der Waals surface area contributed by atoms with Crippen molar-refractivity contribution in [1.82, 2.24) is 35.0 Å². The first-order valence-corrected chi connectivity index (χ1v) is 15.7. The van der Waals surface area contributed by atoms with Crippen LogP contribution in [0.15, 0.2) is 47.3 Å². The third-order valence-corrected chi connectivity index (χ3v) is 8.58. The third kappa shape index (κ3) is 7.77. The first-order chi connectivity index (χ1) is 20.0. The van der Waals surface area contributed by atoms with Crippen LogP contribution in [0, 0.1) is 6.92 Å². The maximum absolute atomic E-state index is 13.8. The lowest BCUT2D eigenvalue weighted by Crippen LogP contribution is -2.64. The fourth-order valence-corrected chi connectivity index (χ4v) is 6.47. The highest BCUT2D eigenvalue weighted by atomic mass is 79.9. The minimum atomic E-state index is -0.658. The van der Waals surface area contributed by atoms with E-state index in [0.717, 1.165) is 47.4 Å². The van der Waals surface area contributed by atoms with E-state index in [0.29, 0.717) is 31.2 Å². The van der Waals surface area contributed by atoms with Crippen LogP contribution in [0.3, 0.4) is 0 Å². The molecule has 2 N–H and O–H groups in total. The number of amides is 3. The van der Waals surface area contributed by atoms with E-state index in [4.69, 9.17) is 16.6 Å². The van der Waals surface area contributed by atoms with Crippen LogP contribution >= 0.6 is 27.5 Å². The minimum Gasteiger partial charge on any atom is -0.354 e. The van der Waals surface area contributed by atoms with Gasteiger partial charge >= 0.3 is 6.03 Å². The number of urea groups is 1. The monoisotopic (exact) mass is 671 g/mol. The molecule has 0 saturated carbocycles. The molecule has 1 fully saturated rings. The standard InChI is InChI=1S/C31H39BrClN7O2.CH4/c1-20-34-11-13-38(20)12-5-10-35-29(41)26-19-39(14-15-40(26)30(42)37-31(2,3)4)28-25-9-8-24(33)17-21(25)6-7-22-16-23(32)18-36-27(22)28;/h8-9,11,13,16-18,26,28H,5-7,10,12,14-15,19H2,1-4H3,(H,35,41)(H,37,42);1H4/t26-,28?;/m1./s1. The summed E-state index contributed by atoms with van der Waals surface area (Å²) in [6.45, 7) is 10.5. The van der Waals surface area contributed by atoms with Gasteiger partial charge in [-0.15, -0.1) is 0 Å². The van der Waals surface area contributed by atoms with Gasteiger partial charge in [0.1, 0.15) is 11.9 Å². The molecule has 1 aromatic carbocycles. The molecular weight excluding hydrogens is 630 g/mol. The van der Waals surface area contributed by atoms with Crippen LogP contribution in [-0.2, 0) is 24.2 Å². The number of nitrogens with zero attached hydrogens (tertiary/aromatic N) is 5. The van der Waals surface area contributed by atoms with Gasteiger partial charge in [0.05, 0.1) is 11.7 Å². The second-order valence-electron chi connectivity index (χ2n) is 12.1. The Bertz CT molecular complexity index is 1400. The van der Waals surface area contributed by atoms with Gasteiger partial charge < -0.3 is 20.1 Å². The Morgan fingerprint density at radius 1 is 1.12 bits per heavy atom. The molecule has 1 aliphatic heterocycles. The zero-order valence-electron chi connectivity index (χ0n) is 24.7. The van der Waals surface area contributed by atoms with Gasteiger partial charge in [-0.1, -0.05) is 25.1 Å². The van der Waals surface area contributed by atoms with Crippen LogP contribution in [0.4, 0.5) is 4.79 Å². The van der Waals surface area contributed by atoms with Gasteiger partial charge in [0.25, 0.3) is 0 Å². The number of aromatic nitrogens is 3. The number of rotatable bonds is 6. The Balaban J connectivity index is 0.00000423. The Morgan fingerprint density at radius 2 is 1.88 bits per heavy atom. The molecule has 0 bridgehead atoms. The van der Waals surface area contributed by atoms with E-state index in [-0.39, 0.29) is 25.4 Å². The van der Waals surface area contributed by atoms with Gasteiger partial charge in [-0.2, -0.15) is 0 Å². The average Bonchev–Trinajstić information content (AvgIpc) is 3.27. The molecule has 0 spiro atoms. The molecule has 9 nitrogen and oxygen atoms in total. The number of hydrogen-bond acceptors (Lipinski definition) is 5. The smallest absolute Gasteiger partial charge is 0.318 e. The minimum absolute atomic E-state index is 0. The van der Waals surface area contributed by atoms with E-state index >= 15 is 0 Å². The fourth-order valence-electron chi connectivity index (χ4n) is 5.90. The number of carbonyl (C=O) groups excluding carboxylic acids is 2. The van der Waals surface area contributed by atoms with Crippen molar-refractivity contribution < 1.29 is 9.59 Å². The number of piperazine rings is 1. The summed E-state index contributed by atoms with van der Waals surface area (Å²) in [5, 5.41) is 6.88. The highest BCUT2D eigenvalue weighted by Crippen LogP contribution is 2.38. The van der Waals surface area contributed by atoms with Crippen molar-refractivity contribution in [2.75, 3.05) is 26.2 Å². The maximum atomic E-state index is 13.8. The molecule has 3 heterocycles. The molecule has 1 unspecified atom stereocenters. The summed E-state index contributed by atoms with van der Waals surface area (Å²) in [7, 11) is 0. The molecule has 3 amide bonds. The van der Waals surface area contributed by atoms with Gasteiger partial charge in [0.15, 0.2) is 0 Å². The zero-order valence-corrected chi connectivity index (χ0v) is 27.0. The fraction of sp³-hybridized carbons (Fsp3) is 0.500. The number of imidazole rings is 1. The van der Waals surface area contributed by atoms with E-state index in [1.807, 2.05) is 52.2 Å². The van der Waals surface area contributed by atoms with E-state index in [9.17, 15) is 9.59 Å². The molecule has 1 saturated heterocycles. The van der Waals surface area contributed by atoms with Crippen LogP contribution in [0.1, 0.15) is 68.9 Å². The molecular formula is C32H43BrClN7O2. The number of halogens is 2. The van der Waals surface area contributed by atoms with Gasteiger partial charge in [-0.3, -0.25) is 14.7 Å². The van der Waals surface area contributed by atoms with Gasteiger partial charge in [-0.05, 0) is 97.8 Å². The molecule has 2 aliphatic rings. The summed E-state index contributed by atoms with van der Waals surface area (Å²) >= 11 is 10.0. The lowest BCUT2D eigenvalue weighted by atomic mass is 9.95. The number of pyridine rings is 1. The van der Waals surface area contributed by atoms with Gasteiger partial charge in [-0.25, -0.2) is 9.78 Å². The zero-order chi connectivity index (χ0) is 30.0. The predicted octanol–water partition coefficient (Wildman–Crippen LogP) is 5.53. The maximum Gasteiger partial charge on any atom is 0.318 e. The van der Waals surface area contributed by atoms with Crippen LogP contribution in [-0.4, -0.2) is 74.0 Å². The largest absolute Gasteiger partial charge is 0.354 e. The predicted molar refractivity (Wildman–Crippen MR) is 174 cm³/mol. The number of benzene rings is 1. The van der Waals surface area contributed by atoms with Crippen molar-refractivity contribution in [1.29, 1.82) is 0 Å². The highest BCUT2D eigenvalue weighted by Gasteiger charge is 2.40. The number of nitrogens with one attached hydrogen (secondary N) is 2. The van der Waals surface area contributed by atoms with E-state index in [1.54, 1.807) is 11.1 Å². The third-order valence-electron chi connectivity index (χ3n) is 7.91. The van der Waals surface area contributed by atoms with Crippen LogP contribution in [0.5, 0.6) is 0 Å². The lowest BCUT2D eigenvalue weighted by Gasteiger charge is -2.44. The van der Waals surface area contributed by atoms with Crippen molar-refractivity contribution in [2.24, 2.45) is 0 Å². The SMILES string of the molecule is C.Cc1nccn1CCCNC(=O)[C@H]1CN(C2c3ccc(Cl)cc3CCc3cc(Br)cnc32)CCN1C(=O)NC(C)(C)C. The molecule has 232 valence electrons. The van der Waals surface area contributed by atoms with E-state index in [1.165, 1.54) is 11.1 Å². The summed E-state index contributed by atoms with van der Waals surface area (Å²) in [5.74, 6) is 0.792. The summed E-state index contributed by atoms with van der Waals surface area (Å²) in [6.07, 6.45) is 8.02. The van der Waals surface area contributed by atoms with Crippen molar-refractivity contribution >= 4 is 39.5 Å². The van der Waals surface area contributed by atoms with Crippen molar-refractivity contribution in [3.63, 3.8) is 0 Å². The first-order valence-electron chi connectivity index (χ1n) is 14.5. The van der Waals surface area contributed by atoms with E-state index in [2.05, 4.69) is 53.1 Å². The second-order valence-corrected chi connectivity index (χ2v) is 13.5. The number of aryl methyl sites for hydroxylation is 4. The topological polar surface area (TPSA) is 95.4 Å². The molecule has 43 heavy (non-hydrogen) atoms. The summed E-state index contributed by atoms with van der Waals surface area (Å²) in [6, 6.07) is 7.16. The first kappa shape index (κ1) is 33.0. The number of hydrogen-bond donors (Lipinski definition) is 2. The molecule has 11 heteroatoms. The Kier molecular flexibility index (Phi) is 10.6. The van der Waals surface area contributed by atoms with Crippen LogP contribution < -0.4 is 10.6 Å². The molecule has 2 aromatic heterocycles. The molecule has 3 aromatic rings. The Labute approximate surface area is 268 Å². The average molecular weight is 673 g/mol. The number of carbonyl (C=O) groups is 2. The normalized spacial score (nSPS) is 18.6. The lowest BCUT2D eigenvalue weighted by molar-refractivity contribution is -0.127. The number of fused-ring (bicyclic) bond motifs is 2. The van der Waals surface area contributed by atoms with Crippen molar-refractivity contribution in [2.45, 2.75) is 78.6 Å². The summed E-state index contributed by atoms with van der Waals surface area (Å²) < 4.78 is 3.01. The molecule has 5 rings (SSSR count). The molecule has 2 atom stereocenters. The molecule has 1 aliphatic carbocycles. The summed E-state index contributed by atoms with van der Waals surface area (Å²) in [4.78, 5) is 40.4. The van der Waals surface area contributed by atoms with Gasteiger partial charge in [0, 0.05) is 66.3 Å². The Morgan fingerprint density at radius 3 is 2.60 bits per heavy atom. The van der Waals surface area contributed by atoms with Gasteiger partial charge in [0.2, 0.25) is 5.91 Å². The van der Waals surface area contributed by atoms with Crippen molar-refractivity contribution in [3.8, 4) is 0 Å². The highest BCUT2D eigenvalue weighted by molar-refractivity contribution is 9.10. The van der Waals surface area contributed by atoms with Crippen LogP contribution in [0.2, 0.25) is 5.02 Å². The van der Waals surface area contributed by atoms with Crippen molar-refractivity contribution in [3.05, 3.63) is 80.6 Å². The Hall–Kier alpha value is -2.95. The van der Waals surface area contributed by atoms with E-state index < -0.39 is 11.6 Å². The quantitative estimate of drug-likeness (QED) is 0.336. The summed E-state index contributed by atoms with van der Waals surface area (Å²) in [5.41, 5.74) is 4.07. The molecule has 0 radical (unpaired) electrons. The van der Waals surface area contributed by atoms with Crippen LogP contribution in [0.25, 0.3) is 0 Å².